The highest BCUT2D eigenvalue weighted by molar-refractivity contribution is 7.98. The van der Waals surface area contributed by atoms with Crippen LogP contribution in [0.15, 0.2) is 41.9 Å². The summed E-state index contributed by atoms with van der Waals surface area (Å²) in [5.41, 5.74) is 1.33. The molecule has 5 nitrogen and oxygen atoms in total. The lowest BCUT2D eigenvalue weighted by Gasteiger charge is -2.02. The van der Waals surface area contributed by atoms with Crippen molar-refractivity contribution >= 4 is 17.7 Å². The molecule has 6 heteroatoms. The molecule has 0 unspecified atom stereocenters. The van der Waals surface area contributed by atoms with E-state index in [1.807, 2.05) is 6.07 Å². The van der Waals surface area contributed by atoms with Crippen molar-refractivity contribution in [2.75, 3.05) is 7.11 Å². The summed E-state index contributed by atoms with van der Waals surface area (Å²) in [7, 11) is 1.35. The molecule has 2 aromatic heterocycles. The van der Waals surface area contributed by atoms with E-state index in [-0.39, 0.29) is 5.97 Å². The van der Waals surface area contributed by atoms with Crippen LogP contribution >= 0.6 is 11.8 Å². The van der Waals surface area contributed by atoms with Gasteiger partial charge in [0.1, 0.15) is 6.33 Å². The van der Waals surface area contributed by atoms with Gasteiger partial charge in [0.25, 0.3) is 0 Å². The lowest BCUT2D eigenvalue weighted by molar-refractivity contribution is 0.0600. The maximum absolute atomic E-state index is 11.2. The van der Waals surface area contributed by atoms with Gasteiger partial charge in [-0.25, -0.2) is 14.8 Å². The Labute approximate surface area is 109 Å². The molecule has 2 heterocycles. The summed E-state index contributed by atoms with van der Waals surface area (Å²) in [6.45, 7) is 0. The molecular formula is C12H11N3O2S. The first-order valence-corrected chi connectivity index (χ1v) is 6.20. The normalized spacial score (nSPS) is 10.1. The number of hydrogen-bond donors (Lipinski definition) is 0. The fourth-order valence-corrected chi connectivity index (χ4v) is 2.01. The van der Waals surface area contributed by atoms with Crippen LogP contribution < -0.4 is 0 Å². The van der Waals surface area contributed by atoms with Gasteiger partial charge in [0, 0.05) is 18.1 Å². The van der Waals surface area contributed by atoms with Gasteiger partial charge >= 0.3 is 5.97 Å². The molecule has 2 aromatic rings. The number of hydrogen-bond acceptors (Lipinski definition) is 6. The molecule has 0 spiro atoms. The molecule has 0 bridgehead atoms. The highest BCUT2D eigenvalue weighted by atomic mass is 32.2. The number of thioether (sulfide) groups is 1. The number of rotatable bonds is 4. The SMILES string of the molecule is COC(=O)c1ccc(CSc2ccncn2)nc1. The van der Waals surface area contributed by atoms with Gasteiger partial charge in [-0.05, 0) is 18.2 Å². The first-order chi connectivity index (χ1) is 8.79. The Balaban J connectivity index is 1.97. The Morgan fingerprint density at radius 3 is 2.83 bits per heavy atom. The van der Waals surface area contributed by atoms with Crippen LogP contribution in [-0.2, 0) is 10.5 Å². The van der Waals surface area contributed by atoms with Crippen molar-refractivity contribution in [1.82, 2.24) is 15.0 Å². The fourth-order valence-electron chi connectivity index (χ4n) is 1.26. The molecule has 92 valence electrons. The second kappa shape index (κ2) is 6.11. The monoisotopic (exact) mass is 261 g/mol. The van der Waals surface area contributed by atoms with Crippen LogP contribution in [0, 0.1) is 0 Å². The Morgan fingerprint density at radius 2 is 2.22 bits per heavy atom. The van der Waals surface area contributed by atoms with E-state index in [1.165, 1.54) is 19.6 Å². The smallest absolute Gasteiger partial charge is 0.339 e. The van der Waals surface area contributed by atoms with Crippen LogP contribution in [0.5, 0.6) is 0 Å². The van der Waals surface area contributed by atoms with Crippen molar-refractivity contribution in [2.24, 2.45) is 0 Å². The van der Waals surface area contributed by atoms with Crippen molar-refractivity contribution < 1.29 is 9.53 Å². The highest BCUT2D eigenvalue weighted by Gasteiger charge is 2.05. The number of pyridine rings is 1. The predicted octanol–water partition coefficient (Wildman–Crippen LogP) is 1.95. The summed E-state index contributed by atoms with van der Waals surface area (Å²) in [4.78, 5) is 23.4. The summed E-state index contributed by atoms with van der Waals surface area (Å²) in [6, 6.07) is 5.35. The van der Waals surface area contributed by atoms with Crippen LogP contribution in [0.2, 0.25) is 0 Å². The predicted molar refractivity (Wildman–Crippen MR) is 67.2 cm³/mol. The number of carbonyl (C=O) groups is 1. The lowest BCUT2D eigenvalue weighted by Crippen LogP contribution is -2.02. The van der Waals surface area contributed by atoms with Crippen molar-refractivity contribution in [3.63, 3.8) is 0 Å². The van der Waals surface area contributed by atoms with Crippen LogP contribution in [0.25, 0.3) is 0 Å². The topological polar surface area (TPSA) is 65.0 Å². The van der Waals surface area contributed by atoms with Crippen molar-refractivity contribution in [3.8, 4) is 0 Å². The summed E-state index contributed by atoms with van der Waals surface area (Å²) in [5, 5.41) is 0.892. The van der Waals surface area contributed by atoms with E-state index >= 15 is 0 Å². The fraction of sp³-hybridized carbons (Fsp3) is 0.167. The van der Waals surface area contributed by atoms with E-state index in [1.54, 1.807) is 30.1 Å². The largest absolute Gasteiger partial charge is 0.465 e. The minimum atomic E-state index is -0.377. The Kier molecular flexibility index (Phi) is 4.25. The summed E-state index contributed by atoms with van der Waals surface area (Å²) < 4.78 is 4.60. The Hall–Kier alpha value is -1.95. The summed E-state index contributed by atoms with van der Waals surface area (Å²) in [6.07, 6.45) is 4.72. The third-order valence-electron chi connectivity index (χ3n) is 2.17. The average molecular weight is 261 g/mol. The minimum absolute atomic E-state index is 0.377. The third kappa shape index (κ3) is 3.27. The maximum atomic E-state index is 11.2. The number of methoxy groups -OCH3 is 1. The Morgan fingerprint density at radius 1 is 1.33 bits per heavy atom. The molecule has 0 amide bonds. The standard InChI is InChI=1S/C12H11N3O2S/c1-17-12(16)9-2-3-10(14-6-9)7-18-11-4-5-13-8-15-11/h2-6,8H,7H2,1H3. The second-order valence-electron chi connectivity index (χ2n) is 3.37. The van der Waals surface area contributed by atoms with Crippen LogP contribution in [0.1, 0.15) is 16.1 Å². The molecule has 0 N–H and O–H groups in total. The zero-order valence-electron chi connectivity index (χ0n) is 9.74. The molecule has 2 rings (SSSR count). The first kappa shape index (κ1) is 12.5. The quantitative estimate of drug-likeness (QED) is 0.476. The first-order valence-electron chi connectivity index (χ1n) is 5.21. The molecule has 0 saturated carbocycles. The third-order valence-corrected chi connectivity index (χ3v) is 3.15. The van der Waals surface area contributed by atoms with Crippen LogP contribution in [-0.4, -0.2) is 28.0 Å². The molecule has 18 heavy (non-hydrogen) atoms. The summed E-state index contributed by atoms with van der Waals surface area (Å²) >= 11 is 1.56. The van der Waals surface area contributed by atoms with E-state index in [4.69, 9.17) is 0 Å². The van der Waals surface area contributed by atoms with Gasteiger partial charge < -0.3 is 4.74 Å². The molecule has 0 fully saturated rings. The maximum Gasteiger partial charge on any atom is 0.339 e. The van der Waals surface area contributed by atoms with E-state index in [2.05, 4.69) is 19.7 Å². The number of aromatic nitrogens is 3. The van der Waals surface area contributed by atoms with Gasteiger partial charge in [-0.2, -0.15) is 0 Å². The number of nitrogens with zero attached hydrogens (tertiary/aromatic N) is 3. The minimum Gasteiger partial charge on any atom is -0.465 e. The van der Waals surface area contributed by atoms with E-state index in [0.29, 0.717) is 11.3 Å². The lowest BCUT2D eigenvalue weighted by atomic mass is 10.2. The summed E-state index contributed by atoms with van der Waals surface area (Å²) in [5.74, 6) is 0.316. The molecule has 0 aliphatic carbocycles. The number of ether oxygens (including phenoxy) is 1. The van der Waals surface area contributed by atoms with Gasteiger partial charge in [0.15, 0.2) is 0 Å². The zero-order valence-corrected chi connectivity index (χ0v) is 10.6. The molecule has 0 atom stereocenters. The Bertz CT molecular complexity index is 517. The molecule has 0 saturated heterocycles. The molecular weight excluding hydrogens is 250 g/mol. The molecule has 0 aliphatic heterocycles. The van der Waals surface area contributed by atoms with Crippen molar-refractivity contribution in [2.45, 2.75) is 10.8 Å². The number of esters is 1. The van der Waals surface area contributed by atoms with Crippen molar-refractivity contribution in [1.29, 1.82) is 0 Å². The van der Waals surface area contributed by atoms with Crippen molar-refractivity contribution in [3.05, 3.63) is 48.2 Å². The van der Waals surface area contributed by atoms with E-state index < -0.39 is 0 Å². The number of carbonyl (C=O) groups excluding carboxylic acids is 1. The zero-order chi connectivity index (χ0) is 12.8. The molecule has 0 aromatic carbocycles. The van der Waals surface area contributed by atoms with Gasteiger partial charge in [-0.1, -0.05) is 11.8 Å². The average Bonchev–Trinajstić information content (AvgIpc) is 2.46. The second-order valence-corrected chi connectivity index (χ2v) is 4.36. The van der Waals surface area contributed by atoms with Crippen LogP contribution in [0.3, 0.4) is 0 Å². The highest BCUT2D eigenvalue weighted by Crippen LogP contribution is 2.18. The van der Waals surface area contributed by atoms with Gasteiger partial charge in [0.05, 0.1) is 23.4 Å². The van der Waals surface area contributed by atoms with Gasteiger partial charge in [-0.15, -0.1) is 0 Å². The van der Waals surface area contributed by atoms with E-state index in [9.17, 15) is 4.79 Å². The van der Waals surface area contributed by atoms with Gasteiger partial charge in [0.2, 0.25) is 0 Å². The van der Waals surface area contributed by atoms with Gasteiger partial charge in [-0.3, -0.25) is 4.98 Å². The molecule has 0 radical (unpaired) electrons. The molecule has 0 aliphatic rings. The van der Waals surface area contributed by atoms with Crippen LogP contribution in [0.4, 0.5) is 0 Å². The van der Waals surface area contributed by atoms with E-state index in [0.717, 1.165) is 10.7 Å².